The fourth-order valence-corrected chi connectivity index (χ4v) is 2.33. The fourth-order valence-electron chi connectivity index (χ4n) is 2.33. The minimum atomic E-state index is 0.559. The Balaban J connectivity index is 4.24. The van der Waals surface area contributed by atoms with Crippen molar-refractivity contribution in [2.24, 2.45) is 17.3 Å². The molecule has 0 aliphatic heterocycles. The van der Waals surface area contributed by atoms with Gasteiger partial charge in [-0.25, -0.2) is 0 Å². The quantitative estimate of drug-likeness (QED) is 0.488. The summed E-state index contributed by atoms with van der Waals surface area (Å²) in [5.41, 5.74) is 0.559. The van der Waals surface area contributed by atoms with Crippen LogP contribution in [0.2, 0.25) is 0 Å². The van der Waals surface area contributed by atoms with Gasteiger partial charge in [0, 0.05) is 0 Å². The molecule has 0 fully saturated rings. The Morgan fingerprint density at radius 1 is 1.00 bits per heavy atom. The summed E-state index contributed by atoms with van der Waals surface area (Å²) < 4.78 is 0. The Morgan fingerprint density at radius 3 is 1.93 bits per heavy atom. The largest absolute Gasteiger partial charge is 0.0654 e. The van der Waals surface area contributed by atoms with Gasteiger partial charge in [0.05, 0.1) is 0 Å². The minimum Gasteiger partial charge on any atom is -0.0654 e. The van der Waals surface area contributed by atoms with Crippen molar-refractivity contribution in [3.05, 3.63) is 0 Å². The third kappa shape index (κ3) is 3.63. The molecule has 0 rings (SSSR count). The second-order valence-corrected chi connectivity index (χ2v) is 5.43. The van der Waals surface area contributed by atoms with Crippen molar-refractivity contribution >= 4 is 0 Å². The van der Waals surface area contributed by atoms with Gasteiger partial charge in [-0.2, -0.15) is 0 Å². The molecule has 0 aromatic rings. The minimum absolute atomic E-state index is 0.559. The van der Waals surface area contributed by atoms with E-state index < -0.39 is 0 Å². The summed E-state index contributed by atoms with van der Waals surface area (Å²) in [4.78, 5) is 0. The van der Waals surface area contributed by atoms with E-state index in [4.69, 9.17) is 0 Å². The van der Waals surface area contributed by atoms with Crippen molar-refractivity contribution < 1.29 is 0 Å². The Labute approximate surface area is 91.5 Å². The lowest BCUT2D eigenvalue weighted by Gasteiger charge is -2.39. The molecule has 0 heteroatoms. The zero-order valence-electron chi connectivity index (χ0n) is 11.2. The maximum Gasteiger partial charge on any atom is -0.0277 e. The van der Waals surface area contributed by atoms with Gasteiger partial charge in [-0.15, -0.1) is 0 Å². The topological polar surface area (TPSA) is 0 Å². The molecule has 86 valence electrons. The van der Waals surface area contributed by atoms with Gasteiger partial charge in [-0.1, -0.05) is 67.2 Å². The molecule has 0 amide bonds. The number of rotatable bonds is 7. The van der Waals surface area contributed by atoms with E-state index in [1.807, 2.05) is 0 Å². The third-order valence-corrected chi connectivity index (χ3v) is 4.38. The Kier molecular flexibility index (Phi) is 6.48. The molecule has 2 unspecified atom stereocenters. The van der Waals surface area contributed by atoms with Crippen LogP contribution < -0.4 is 0 Å². The van der Waals surface area contributed by atoms with Crippen LogP contribution in [0.4, 0.5) is 0 Å². The molecule has 0 aromatic heterocycles. The first-order valence-corrected chi connectivity index (χ1v) is 6.49. The molecular weight excluding hydrogens is 168 g/mol. The molecular formula is C14H30. The lowest BCUT2D eigenvalue weighted by Crippen LogP contribution is -2.30. The van der Waals surface area contributed by atoms with Gasteiger partial charge in [0.1, 0.15) is 0 Å². The Hall–Kier alpha value is 0. The number of hydrogen-bond donors (Lipinski definition) is 0. The Morgan fingerprint density at radius 2 is 1.57 bits per heavy atom. The van der Waals surface area contributed by atoms with Crippen molar-refractivity contribution in [3.63, 3.8) is 0 Å². The van der Waals surface area contributed by atoms with Crippen molar-refractivity contribution in [2.75, 3.05) is 0 Å². The van der Waals surface area contributed by atoms with E-state index in [0.717, 1.165) is 11.8 Å². The summed E-state index contributed by atoms with van der Waals surface area (Å²) in [6.07, 6.45) is 6.89. The maximum absolute atomic E-state index is 2.49. The van der Waals surface area contributed by atoms with E-state index in [-0.39, 0.29) is 0 Å². The maximum atomic E-state index is 2.49. The van der Waals surface area contributed by atoms with Gasteiger partial charge < -0.3 is 0 Å². The van der Waals surface area contributed by atoms with Crippen LogP contribution in [-0.4, -0.2) is 0 Å². The van der Waals surface area contributed by atoms with Gasteiger partial charge in [0.2, 0.25) is 0 Å². The van der Waals surface area contributed by atoms with E-state index in [2.05, 4.69) is 41.5 Å². The summed E-state index contributed by atoms with van der Waals surface area (Å²) in [5.74, 6) is 1.67. The van der Waals surface area contributed by atoms with E-state index in [9.17, 15) is 0 Å². The van der Waals surface area contributed by atoms with E-state index in [0.29, 0.717) is 5.41 Å². The predicted molar refractivity (Wildman–Crippen MR) is 66.5 cm³/mol. The summed E-state index contributed by atoms with van der Waals surface area (Å²) in [5, 5.41) is 0. The van der Waals surface area contributed by atoms with Gasteiger partial charge in [0.15, 0.2) is 0 Å². The molecule has 0 spiro atoms. The highest BCUT2D eigenvalue weighted by Crippen LogP contribution is 2.41. The molecule has 0 aliphatic carbocycles. The predicted octanol–water partition coefficient (Wildman–Crippen LogP) is 5.28. The SMILES string of the molecule is CCCCCC(C)(C(C)C)C(C)CC. The standard InChI is InChI=1S/C14H30/c1-7-9-10-11-14(6,12(3)4)13(5)8-2/h12-13H,7-11H2,1-6H3. The second-order valence-electron chi connectivity index (χ2n) is 5.43. The molecule has 2 atom stereocenters. The van der Waals surface area contributed by atoms with Gasteiger partial charge in [0.25, 0.3) is 0 Å². The average Bonchev–Trinajstić information content (AvgIpc) is 2.16. The fraction of sp³-hybridized carbons (Fsp3) is 1.00. The van der Waals surface area contributed by atoms with Crippen LogP contribution in [0.1, 0.15) is 73.6 Å². The summed E-state index contributed by atoms with van der Waals surface area (Å²) in [6, 6.07) is 0. The number of hydrogen-bond acceptors (Lipinski definition) is 0. The van der Waals surface area contributed by atoms with Crippen LogP contribution in [0.15, 0.2) is 0 Å². The molecule has 0 nitrogen and oxygen atoms in total. The van der Waals surface area contributed by atoms with Crippen molar-refractivity contribution in [3.8, 4) is 0 Å². The summed E-state index contributed by atoms with van der Waals surface area (Å²) in [7, 11) is 0. The first-order valence-electron chi connectivity index (χ1n) is 6.49. The first-order chi connectivity index (χ1) is 6.49. The van der Waals surface area contributed by atoms with Crippen LogP contribution >= 0.6 is 0 Å². The summed E-state index contributed by atoms with van der Waals surface area (Å²) in [6.45, 7) is 14.3. The zero-order chi connectivity index (χ0) is 11.2. The van der Waals surface area contributed by atoms with Gasteiger partial charge in [-0.05, 0) is 23.7 Å². The third-order valence-electron chi connectivity index (χ3n) is 4.38. The molecule has 0 saturated heterocycles. The van der Waals surface area contributed by atoms with Gasteiger partial charge in [-0.3, -0.25) is 0 Å². The highest BCUT2D eigenvalue weighted by atomic mass is 14.4. The van der Waals surface area contributed by atoms with Crippen LogP contribution in [0.3, 0.4) is 0 Å². The highest BCUT2D eigenvalue weighted by molar-refractivity contribution is 4.82. The smallest absolute Gasteiger partial charge is 0.0277 e. The molecule has 0 aliphatic rings. The number of unbranched alkanes of at least 4 members (excludes halogenated alkanes) is 2. The average molecular weight is 198 g/mol. The van der Waals surface area contributed by atoms with Crippen molar-refractivity contribution in [1.82, 2.24) is 0 Å². The van der Waals surface area contributed by atoms with Crippen LogP contribution in [0.5, 0.6) is 0 Å². The second kappa shape index (κ2) is 6.48. The zero-order valence-corrected chi connectivity index (χ0v) is 11.2. The molecule has 0 saturated carbocycles. The molecule has 0 N–H and O–H groups in total. The van der Waals surface area contributed by atoms with Crippen LogP contribution in [0, 0.1) is 17.3 Å². The first kappa shape index (κ1) is 14.0. The lowest BCUT2D eigenvalue weighted by atomic mass is 9.66. The van der Waals surface area contributed by atoms with Crippen LogP contribution in [-0.2, 0) is 0 Å². The lowest BCUT2D eigenvalue weighted by molar-refractivity contribution is 0.104. The van der Waals surface area contributed by atoms with Crippen LogP contribution in [0.25, 0.3) is 0 Å². The van der Waals surface area contributed by atoms with Crippen molar-refractivity contribution in [1.29, 1.82) is 0 Å². The highest BCUT2D eigenvalue weighted by Gasteiger charge is 2.32. The Bertz CT molecular complexity index is 137. The molecule has 0 radical (unpaired) electrons. The van der Waals surface area contributed by atoms with Gasteiger partial charge >= 0.3 is 0 Å². The van der Waals surface area contributed by atoms with E-state index in [1.54, 1.807) is 0 Å². The molecule has 14 heavy (non-hydrogen) atoms. The monoisotopic (exact) mass is 198 g/mol. The van der Waals surface area contributed by atoms with E-state index >= 15 is 0 Å². The molecule has 0 heterocycles. The van der Waals surface area contributed by atoms with E-state index in [1.165, 1.54) is 32.1 Å². The molecule has 0 aromatic carbocycles. The van der Waals surface area contributed by atoms with Crippen molar-refractivity contribution in [2.45, 2.75) is 73.6 Å². The normalized spacial score (nSPS) is 18.2. The molecule has 0 bridgehead atoms. The summed E-state index contributed by atoms with van der Waals surface area (Å²) >= 11 is 0.